The summed E-state index contributed by atoms with van der Waals surface area (Å²) in [4.78, 5) is 27.3. The molecule has 160 valence electrons. The second-order valence-electron chi connectivity index (χ2n) is 7.73. The number of likely N-dealkylation sites (tertiary alicyclic amines) is 1. The highest BCUT2D eigenvalue weighted by atomic mass is 35.5. The lowest BCUT2D eigenvalue weighted by molar-refractivity contribution is -0.181. The Labute approximate surface area is 184 Å². The van der Waals surface area contributed by atoms with Crippen molar-refractivity contribution in [2.24, 2.45) is 0 Å². The van der Waals surface area contributed by atoms with E-state index in [-0.39, 0.29) is 17.6 Å². The number of carbonyl (C=O) groups is 2. The summed E-state index contributed by atoms with van der Waals surface area (Å²) in [6.45, 7) is 2.33. The maximum atomic E-state index is 13.0. The average molecular weight is 441 g/mol. The summed E-state index contributed by atoms with van der Waals surface area (Å²) in [5.41, 5.74) is 1.76. The van der Waals surface area contributed by atoms with Crippen molar-refractivity contribution in [3.63, 3.8) is 0 Å². The van der Waals surface area contributed by atoms with Crippen molar-refractivity contribution in [2.45, 2.75) is 18.6 Å². The summed E-state index contributed by atoms with van der Waals surface area (Å²) >= 11 is 5.90. The fourth-order valence-electron chi connectivity index (χ4n) is 4.02. The number of nitrogens with zero attached hydrogens (tertiary/aromatic N) is 1. The van der Waals surface area contributed by atoms with E-state index in [4.69, 9.17) is 25.8 Å². The molecule has 0 saturated carbocycles. The normalized spacial score (nSPS) is 21.0. The molecule has 1 spiro atoms. The minimum Gasteiger partial charge on any atom is -0.449 e. The smallest absolute Gasteiger partial charge is 0.291 e. The van der Waals surface area contributed by atoms with E-state index in [1.54, 1.807) is 53.4 Å². The highest BCUT2D eigenvalue weighted by Crippen LogP contribution is 2.34. The lowest BCUT2D eigenvalue weighted by Crippen LogP contribution is -2.47. The first-order valence-corrected chi connectivity index (χ1v) is 10.6. The molecule has 5 rings (SSSR count). The molecule has 3 heterocycles. The lowest BCUT2D eigenvalue weighted by Gasteiger charge is -2.37. The molecule has 0 aromatic heterocycles. The van der Waals surface area contributed by atoms with Crippen LogP contribution in [0, 0.1) is 0 Å². The number of halogens is 1. The average Bonchev–Trinajstić information content (AvgIpc) is 3.23. The Morgan fingerprint density at radius 2 is 1.77 bits per heavy atom. The highest BCUT2D eigenvalue weighted by molar-refractivity contribution is 6.30. The Balaban J connectivity index is 1.30. The van der Waals surface area contributed by atoms with E-state index >= 15 is 0 Å². The maximum Gasteiger partial charge on any atom is 0.291 e. The zero-order valence-corrected chi connectivity index (χ0v) is 17.5. The van der Waals surface area contributed by atoms with Gasteiger partial charge in [-0.2, -0.15) is 0 Å². The van der Waals surface area contributed by atoms with Crippen LogP contribution in [-0.2, 0) is 14.3 Å². The number of piperidine rings is 1. The van der Waals surface area contributed by atoms with Crippen LogP contribution < -0.4 is 10.1 Å². The van der Waals surface area contributed by atoms with Crippen molar-refractivity contribution < 1.29 is 23.8 Å². The van der Waals surface area contributed by atoms with Gasteiger partial charge in [-0.25, -0.2) is 0 Å². The first-order chi connectivity index (χ1) is 15.0. The van der Waals surface area contributed by atoms with Crippen molar-refractivity contribution in [2.75, 3.05) is 31.6 Å². The Hall–Kier alpha value is -2.87. The summed E-state index contributed by atoms with van der Waals surface area (Å²) in [6.07, 6.45) is 2.95. The van der Waals surface area contributed by atoms with Gasteiger partial charge in [0, 0.05) is 36.5 Å². The van der Waals surface area contributed by atoms with Gasteiger partial charge in [-0.05, 0) is 42.0 Å². The van der Waals surface area contributed by atoms with Gasteiger partial charge in [0.05, 0.1) is 18.9 Å². The fourth-order valence-corrected chi connectivity index (χ4v) is 4.15. The van der Waals surface area contributed by atoms with Gasteiger partial charge in [0.15, 0.2) is 17.3 Å². The van der Waals surface area contributed by atoms with Gasteiger partial charge in [-0.15, -0.1) is 0 Å². The molecule has 2 saturated heterocycles. The van der Waals surface area contributed by atoms with Crippen LogP contribution in [0.15, 0.2) is 48.2 Å². The van der Waals surface area contributed by atoms with Gasteiger partial charge < -0.3 is 24.4 Å². The molecule has 1 N–H and O–H groups in total. The monoisotopic (exact) mass is 440 g/mol. The predicted octanol–water partition coefficient (Wildman–Crippen LogP) is 3.69. The number of nitrogens with one attached hydrogen (secondary N) is 1. The molecule has 2 fully saturated rings. The van der Waals surface area contributed by atoms with E-state index in [1.807, 2.05) is 0 Å². The van der Waals surface area contributed by atoms with E-state index < -0.39 is 5.79 Å². The minimum absolute atomic E-state index is 0.0904. The Morgan fingerprint density at radius 1 is 1.06 bits per heavy atom. The van der Waals surface area contributed by atoms with Crippen LogP contribution in [0.4, 0.5) is 5.69 Å². The van der Waals surface area contributed by atoms with Crippen molar-refractivity contribution in [3.05, 3.63) is 64.4 Å². The second kappa shape index (κ2) is 8.00. The van der Waals surface area contributed by atoms with Crippen LogP contribution in [0.25, 0.3) is 6.08 Å². The van der Waals surface area contributed by atoms with Crippen LogP contribution >= 0.6 is 11.6 Å². The predicted molar refractivity (Wildman–Crippen MR) is 115 cm³/mol. The van der Waals surface area contributed by atoms with Gasteiger partial charge in [-0.3, -0.25) is 9.59 Å². The van der Waals surface area contributed by atoms with Gasteiger partial charge in [0.2, 0.25) is 0 Å². The number of rotatable bonds is 2. The van der Waals surface area contributed by atoms with Crippen LogP contribution in [0.1, 0.15) is 28.8 Å². The van der Waals surface area contributed by atoms with Gasteiger partial charge in [0.25, 0.3) is 11.8 Å². The molecular formula is C23H21ClN2O5. The zero-order valence-electron chi connectivity index (χ0n) is 16.7. The van der Waals surface area contributed by atoms with Crippen LogP contribution in [0.3, 0.4) is 0 Å². The molecule has 0 aliphatic carbocycles. The first-order valence-electron chi connectivity index (χ1n) is 10.2. The molecule has 2 aromatic rings. The molecule has 3 aliphatic rings. The van der Waals surface area contributed by atoms with Gasteiger partial charge in [-0.1, -0.05) is 23.7 Å². The van der Waals surface area contributed by atoms with Crippen molar-refractivity contribution in [3.8, 4) is 5.75 Å². The molecule has 2 aromatic carbocycles. The Morgan fingerprint density at radius 3 is 2.48 bits per heavy atom. The van der Waals surface area contributed by atoms with Crippen molar-refractivity contribution in [1.82, 2.24) is 4.90 Å². The first kappa shape index (κ1) is 20.1. The quantitative estimate of drug-likeness (QED) is 0.721. The van der Waals surface area contributed by atoms with Gasteiger partial charge >= 0.3 is 0 Å². The largest absolute Gasteiger partial charge is 0.449 e. The van der Waals surface area contributed by atoms with Crippen molar-refractivity contribution in [1.29, 1.82) is 0 Å². The van der Waals surface area contributed by atoms with Crippen LogP contribution in [0.2, 0.25) is 5.02 Å². The van der Waals surface area contributed by atoms with E-state index in [0.29, 0.717) is 61.2 Å². The summed E-state index contributed by atoms with van der Waals surface area (Å²) < 4.78 is 17.2. The Bertz CT molecular complexity index is 1050. The number of anilines is 1. The number of hydrogen-bond donors (Lipinski definition) is 1. The third kappa shape index (κ3) is 4.04. The van der Waals surface area contributed by atoms with Crippen LogP contribution in [0.5, 0.6) is 5.75 Å². The topological polar surface area (TPSA) is 77.1 Å². The van der Waals surface area contributed by atoms with Crippen molar-refractivity contribution >= 4 is 35.2 Å². The molecule has 31 heavy (non-hydrogen) atoms. The highest BCUT2D eigenvalue weighted by Gasteiger charge is 2.41. The lowest BCUT2D eigenvalue weighted by atomic mass is 10.0. The minimum atomic E-state index is -0.527. The van der Waals surface area contributed by atoms with Crippen LogP contribution in [-0.4, -0.2) is 48.8 Å². The third-order valence-corrected chi connectivity index (χ3v) is 5.96. The molecule has 3 aliphatic heterocycles. The molecule has 2 amide bonds. The van der Waals surface area contributed by atoms with E-state index in [0.717, 1.165) is 5.56 Å². The molecule has 7 nitrogen and oxygen atoms in total. The fraction of sp³-hybridized carbons (Fsp3) is 0.304. The maximum absolute atomic E-state index is 13.0. The molecular weight excluding hydrogens is 420 g/mol. The number of amides is 2. The number of carbonyl (C=O) groups excluding carboxylic acids is 2. The van der Waals surface area contributed by atoms with E-state index in [1.165, 1.54) is 0 Å². The number of benzene rings is 2. The zero-order chi connectivity index (χ0) is 21.4. The second-order valence-corrected chi connectivity index (χ2v) is 8.16. The third-order valence-electron chi connectivity index (χ3n) is 5.71. The number of hydrogen-bond acceptors (Lipinski definition) is 5. The SMILES string of the molecule is O=C1Nc2cc(C(=O)N3CCC4(CC3)OCCO4)ccc2O/C1=C\c1ccc(Cl)cc1. The molecule has 0 atom stereocenters. The van der Waals surface area contributed by atoms with E-state index in [9.17, 15) is 9.59 Å². The van der Waals surface area contributed by atoms with E-state index in [2.05, 4.69) is 5.32 Å². The summed E-state index contributed by atoms with van der Waals surface area (Å²) in [5, 5.41) is 3.43. The molecule has 0 bridgehead atoms. The molecule has 8 heteroatoms. The summed E-state index contributed by atoms with van der Waals surface area (Å²) in [5.74, 6) is -0.329. The standard InChI is InChI=1S/C23H21ClN2O5/c24-17-4-1-15(2-5-17)13-20-21(27)25-18-14-16(3-6-19(18)31-20)22(28)26-9-7-23(8-10-26)29-11-12-30-23/h1-6,13-14H,7-12H2,(H,25,27)/b20-13-. The summed E-state index contributed by atoms with van der Waals surface area (Å²) in [7, 11) is 0. The number of fused-ring (bicyclic) bond motifs is 1. The summed E-state index contributed by atoms with van der Waals surface area (Å²) in [6, 6.07) is 12.2. The molecule has 0 unspecified atom stereocenters. The number of ether oxygens (including phenoxy) is 3. The Kier molecular flexibility index (Phi) is 5.17. The molecule has 0 radical (unpaired) electrons. The van der Waals surface area contributed by atoms with Gasteiger partial charge in [0.1, 0.15) is 0 Å².